The predicted molar refractivity (Wildman–Crippen MR) is 68.5 cm³/mol. The van der Waals surface area contributed by atoms with Crippen molar-refractivity contribution < 1.29 is 28.5 Å². The number of hydrogen-bond acceptors (Lipinski definition) is 3. The lowest BCUT2D eigenvalue weighted by molar-refractivity contribution is -0.130. The predicted octanol–water partition coefficient (Wildman–Crippen LogP) is 2.35. The Labute approximate surface area is 111 Å². The molecular formula is C10H22F3O3Si2+. The third kappa shape index (κ3) is 7.52. The lowest BCUT2D eigenvalue weighted by Crippen LogP contribution is -2.32. The Balaban J connectivity index is 0.000000331. The summed E-state index contributed by atoms with van der Waals surface area (Å²) < 4.78 is 49.0. The summed E-state index contributed by atoms with van der Waals surface area (Å²) in [7, 11) is -1.05. The van der Waals surface area contributed by atoms with Crippen molar-refractivity contribution in [2.45, 2.75) is 56.6 Å². The fourth-order valence-corrected chi connectivity index (χ4v) is 3.63. The van der Waals surface area contributed by atoms with Gasteiger partial charge in [-0.15, -0.1) is 0 Å². The zero-order chi connectivity index (χ0) is 13.9. The van der Waals surface area contributed by atoms with Crippen molar-refractivity contribution in [3.05, 3.63) is 0 Å². The van der Waals surface area contributed by atoms with Gasteiger partial charge in [0.05, 0.1) is 0 Å². The summed E-state index contributed by atoms with van der Waals surface area (Å²) in [5, 5.41) is 0.318. The van der Waals surface area contributed by atoms with Gasteiger partial charge in [-0.2, -0.15) is 13.2 Å². The van der Waals surface area contributed by atoms with Crippen LogP contribution in [0.4, 0.5) is 13.2 Å². The highest BCUT2D eigenvalue weighted by Crippen LogP contribution is 2.34. The highest BCUT2D eigenvalue weighted by Gasteiger charge is 2.50. The molecular weight excluding hydrogens is 281 g/mol. The number of hydrogen-bond donors (Lipinski definition) is 0. The molecule has 0 saturated carbocycles. The van der Waals surface area contributed by atoms with Gasteiger partial charge in [0.25, 0.3) is 0 Å². The summed E-state index contributed by atoms with van der Waals surface area (Å²) in [6.07, 6.45) is -0.932. The van der Waals surface area contributed by atoms with Crippen molar-refractivity contribution in [3.8, 4) is 0 Å². The molecule has 2 heterocycles. The van der Waals surface area contributed by atoms with Crippen LogP contribution in [0.2, 0.25) is 12.6 Å². The first-order valence-electron chi connectivity index (χ1n) is 6.20. The average molecular weight is 303 g/mol. The van der Waals surface area contributed by atoms with Crippen LogP contribution >= 0.6 is 0 Å². The molecule has 0 aromatic rings. The van der Waals surface area contributed by atoms with Crippen LogP contribution in [0.3, 0.4) is 0 Å². The molecule has 108 valence electrons. The van der Waals surface area contributed by atoms with Gasteiger partial charge in [0.15, 0.2) is 0 Å². The Morgan fingerprint density at radius 3 is 2.22 bits per heavy atom. The first kappa shape index (κ1) is 16.2. The second-order valence-corrected chi connectivity index (χ2v) is 10.7. The largest absolute Gasteiger partial charge is 1.00 e. The Kier molecular flexibility index (Phi) is 5.42. The van der Waals surface area contributed by atoms with Gasteiger partial charge in [-0.05, 0) is 32.7 Å². The van der Waals surface area contributed by atoms with Crippen molar-refractivity contribution in [1.29, 1.82) is 0 Å². The van der Waals surface area contributed by atoms with E-state index < -0.39 is 21.2 Å². The zero-order valence-electron chi connectivity index (χ0n) is 12.1. The third-order valence-corrected chi connectivity index (χ3v) is 5.58. The Morgan fingerprint density at radius 2 is 1.94 bits per heavy atom. The van der Waals surface area contributed by atoms with Crippen LogP contribution in [-0.4, -0.2) is 36.8 Å². The summed E-state index contributed by atoms with van der Waals surface area (Å²) >= 11 is 0. The van der Waals surface area contributed by atoms with Gasteiger partial charge in [-0.3, -0.25) is 9.15 Å². The van der Waals surface area contributed by atoms with Crippen molar-refractivity contribution >= 4 is 18.8 Å². The molecule has 0 aromatic heterocycles. The van der Waals surface area contributed by atoms with E-state index in [2.05, 4.69) is 16.1 Å². The number of halogens is 3. The molecule has 2 saturated heterocycles. The summed E-state index contributed by atoms with van der Waals surface area (Å²) in [5.41, 5.74) is 0. The topological polar surface area (TPSA) is 34.3 Å². The fraction of sp³-hybridized carbons (Fsp3) is 1.00. The Bertz CT molecular complexity index is 260. The van der Waals surface area contributed by atoms with Crippen molar-refractivity contribution in [2.24, 2.45) is 0 Å². The van der Waals surface area contributed by atoms with Crippen LogP contribution in [-0.2, 0) is 13.9 Å². The van der Waals surface area contributed by atoms with E-state index in [1.54, 1.807) is 6.55 Å². The second-order valence-electron chi connectivity index (χ2n) is 5.48. The smallest absolute Gasteiger partial charge is 0.380 e. The molecule has 1 unspecified atom stereocenters. The van der Waals surface area contributed by atoms with Crippen molar-refractivity contribution in [2.75, 3.05) is 6.61 Å². The lowest BCUT2D eigenvalue weighted by atomic mass is 10.1. The van der Waals surface area contributed by atoms with Gasteiger partial charge < -0.3 is 4.74 Å². The van der Waals surface area contributed by atoms with E-state index in [4.69, 9.17) is 4.74 Å². The molecule has 0 aliphatic carbocycles. The van der Waals surface area contributed by atoms with E-state index in [1.165, 1.54) is 29.5 Å². The molecule has 0 amide bonds. The molecule has 2 aliphatic heterocycles. The van der Waals surface area contributed by atoms with Crippen molar-refractivity contribution in [3.63, 3.8) is 0 Å². The van der Waals surface area contributed by atoms with Crippen LogP contribution in [0.1, 0.15) is 34.0 Å². The highest BCUT2D eigenvalue weighted by molar-refractivity contribution is 6.70. The molecule has 1 atom stereocenters. The van der Waals surface area contributed by atoms with Crippen LogP contribution in [0.15, 0.2) is 0 Å². The van der Waals surface area contributed by atoms with Crippen LogP contribution in [0, 0.1) is 0 Å². The van der Waals surface area contributed by atoms with Gasteiger partial charge in [0.1, 0.15) is 0 Å². The van der Waals surface area contributed by atoms with E-state index in [0.29, 0.717) is 5.22 Å². The highest BCUT2D eigenvalue weighted by atomic mass is 28.4. The SMILES string of the molecule is CC1([SiH3])CCCCO1.C[Si]1(CCC(F)(F)F)OO1.[H+]. The quantitative estimate of drug-likeness (QED) is 0.446. The molecule has 2 aliphatic rings. The van der Waals surface area contributed by atoms with E-state index in [-0.39, 0.29) is 7.47 Å². The Morgan fingerprint density at radius 1 is 1.33 bits per heavy atom. The first-order chi connectivity index (χ1) is 8.12. The fourth-order valence-electron chi connectivity index (χ4n) is 1.60. The minimum Gasteiger partial charge on any atom is -0.380 e. The normalized spacial score (nSPS) is 30.5. The van der Waals surface area contributed by atoms with E-state index in [9.17, 15) is 13.2 Å². The van der Waals surface area contributed by atoms with Gasteiger partial charge in [0, 0.05) is 34.5 Å². The average Bonchev–Trinajstić information content (AvgIpc) is 2.94. The minimum absolute atomic E-state index is 0. The van der Waals surface area contributed by atoms with Crippen molar-refractivity contribution in [1.82, 2.24) is 0 Å². The maximum Gasteiger partial charge on any atom is 1.00 e. The molecule has 3 nitrogen and oxygen atoms in total. The summed E-state index contributed by atoms with van der Waals surface area (Å²) in [5.74, 6) is 0. The molecule has 0 radical (unpaired) electrons. The molecule has 0 bridgehead atoms. The summed E-state index contributed by atoms with van der Waals surface area (Å²) in [4.78, 5) is 0. The van der Waals surface area contributed by atoms with E-state index >= 15 is 0 Å². The van der Waals surface area contributed by atoms with Gasteiger partial charge in [-0.25, -0.2) is 0 Å². The van der Waals surface area contributed by atoms with Gasteiger partial charge in [0.2, 0.25) is 0 Å². The van der Waals surface area contributed by atoms with Crippen LogP contribution in [0.25, 0.3) is 0 Å². The molecule has 0 spiro atoms. The third-order valence-electron chi connectivity index (χ3n) is 2.90. The minimum atomic E-state index is -4.08. The molecule has 8 heteroatoms. The molecule has 0 aromatic carbocycles. The maximum absolute atomic E-state index is 11.5. The zero-order valence-corrected chi connectivity index (χ0v) is 14.1. The number of ether oxygens (including phenoxy) is 1. The number of alkyl halides is 3. The summed E-state index contributed by atoms with van der Waals surface area (Å²) in [6, 6.07) is 0.0104. The molecule has 18 heavy (non-hydrogen) atoms. The van der Waals surface area contributed by atoms with E-state index in [1.807, 2.05) is 0 Å². The monoisotopic (exact) mass is 303 g/mol. The second kappa shape index (κ2) is 6.04. The standard InChI is InChI=1S/C6H14OSi.C4H7F3O2Si/c1-6(8)4-2-3-5-7-6;1-10(8-9-10)3-2-4(5,6)7/h2-5H2,1,8H3;2-3H2,1H3/p+1. The number of rotatable bonds is 2. The van der Waals surface area contributed by atoms with Crippen LogP contribution < -0.4 is 0 Å². The lowest BCUT2D eigenvalue weighted by Gasteiger charge is -2.29. The first-order valence-corrected chi connectivity index (χ1v) is 9.72. The van der Waals surface area contributed by atoms with Crippen LogP contribution in [0.5, 0.6) is 0 Å². The Hall–Kier alpha value is 0.104. The molecule has 2 rings (SSSR count). The van der Waals surface area contributed by atoms with Gasteiger partial charge >= 0.3 is 16.2 Å². The maximum atomic E-state index is 11.5. The van der Waals surface area contributed by atoms with E-state index in [0.717, 1.165) is 6.61 Å². The van der Waals surface area contributed by atoms with Gasteiger partial charge in [-0.1, -0.05) is 0 Å². The summed E-state index contributed by atoms with van der Waals surface area (Å²) in [6.45, 7) is 4.83. The molecule has 2 fully saturated rings. The molecule has 0 N–H and O–H groups in total.